The molecule has 0 saturated heterocycles. The molecule has 0 atom stereocenters. The number of ketones is 1. The summed E-state index contributed by atoms with van der Waals surface area (Å²) in [5.74, 6) is -0.348. The van der Waals surface area contributed by atoms with E-state index in [9.17, 15) is 9.59 Å². The van der Waals surface area contributed by atoms with Crippen LogP contribution in [0.1, 0.15) is 42.3 Å². The van der Waals surface area contributed by atoms with Crippen LogP contribution >= 0.6 is 22.9 Å². The van der Waals surface area contributed by atoms with E-state index in [1.54, 1.807) is 24.3 Å². The quantitative estimate of drug-likeness (QED) is 0.578. The Labute approximate surface area is 161 Å². The van der Waals surface area contributed by atoms with Gasteiger partial charge in [-0.3, -0.25) is 9.59 Å². The highest BCUT2D eigenvalue weighted by atomic mass is 35.5. The molecular formula is C21H18ClNO2S. The third-order valence-corrected chi connectivity index (χ3v) is 5.63. The number of amides is 1. The molecule has 2 aromatic carbocycles. The maximum Gasteiger partial charge on any atom is 0.256 e. The van der Waals surface area contributed by atoms with E-state index in [2.05, 4.69) is 5.32 Å². The maximum absolute atomic E-state index is 13.0. The molecule has 3 rings (SSSR count). The molecule has 0 aliphatic heterocycles. The summed E-state index contributed by atoms with van der Waals surface area (Å²) in [4.78, 5) is 26.6. The Balaban J connectivity index is 1.94. The number of rotatable bonds is 4. The molecule has 0 radical (unpaired) electrons. The van der Waals surface area contributed by atoms with E-state index >= 15 is 0 Å². The van der Waals surface area contributed by atoms with Gasteiger partial charge in [-0.15, -0.1) is 11.3 Å². The summed E-state index contributed by atoms with van der Waals surface area (Å²) >= 11 is 7.29. The minimum absolute atomic E-state index is 0.0849. The Morgan fingerprint density at radius 2 is 1.46 bits per heavy atom. The molecule has 132 valence electrons. The van der Waals surface area contributed by atoms with Crippen molar-refractivity contribution in [1.29, 1.82) is 0 Å². The standard InChI is InChI=1S/C21H18ClNO2S/c1-12-4-6-15(7-5-12)19(24)18-13(2)14(3)26-21(18)23-20(25)16-8-10-17(22)11-9-16/h4-11H,1-3H3,(H,23,25). The maximum atomic E-state index is 13.0. The predicted octanol–water partition coefficient (Wildman–Crippen LogP) is 5.81. The van der Waals surface area contributed by atoms with Gasteiger partial charge in [-0.05, 0) is 50.6 Å². The number of thiophene rings is 1. The zero-order valence-electron chi connectivity index (χ0n) is 14.7. The van der Waals surface area contributed by atoms with Crippen molar-refractivity contribution < 1.29 is 9.59 Å². The van der Waals surface area contributed by atoms with Gasteiger partial charge in [0.1, 0.15) is 5.00 Å². The Kier molecular flexibility index (Phi) is 5.25. The molecule has 5 heteroatoms. The van der Waals surface area contributed by atoms with Crippen molar-refractivity contribution >= 4 is 39.6 Å². The molecule has 26 heavy (non-hydrogen) atoms. The fourth-order valence-electron chi connectivity index (χ4n) is 2.61. The molecule has 0 unspecified atom stereocenters. The van der Waals surface area contributed by atoms with Crippen molar-refractivity contribution in [1.82, 2.24) is 0 Å². The third-order valence-electron chi connectivity index (χ3n) is 4.26. The van der Waals surface area contributed by atoms with E-state index in [1.807, 2.05) is 45.0 Å². The van der Waals surface area contributed by atoms with Crippen LogP contribution in [0.25, 0.3) is 0 Å². The van der Waals surface area contributed by atoms with Gasteiger partial charge in [0.2, 0.25) is 0 Å². The lowest BCUT2D eigenvalue weighted by molar-refractivity contribution is 0.102. The fourth-order valence-corrected chi connectivity index (χ4v) is 3.79. The molecule has 0 aliphatic rings. The number of aryl methyl sites for hydroxylation is 2. The lowest BCUT2D eigenvalue weighted by atomic mass is 10.00. The van der Waals surface area contributed by atoms with E-state index in [4.69, 9.17) is 11.6 Å². The van der Waals surface area contributed by atoms with Gasteiger partial charge in [0.05, 0.1) is 5.56 Å². The lowest BCUT2D eigenvalue weighted by Gasteiger charge is -2.08. The van der Waals surface area contributed by atoms with E-state index in [0.29, 0.717) is 26.7 Å². The van der Waals surface area contributed by atoms with Gasteiger partial charge < -0.3 is 5.32 Å². The second-order valence-electron chi connectivity index (χ2n) is 6.14. The number of carbonyl (C=O) groups is 2. The zero-order chi connectivity index (χ0) is 18.8. The summed E-state index contributed by atoms with van der Waals surface area (Å²) in [6, 6.07) is 14.1. The molecule has 1 aromatic heterocycles. The molecule has 3 nitrogen and oxygen atoms in total. The monoisotopic (exact) mass is 383 g/mol. The number of hydrogen-bond donors (Lipinski definition) is 1. The summed E-state index contributed by atoms with van der Waals surface area (Å²) in [5, 5.41) is 4.03. The molecule has 1 heterocycles. The van der Waals surface area contributed by atoms with E-state index in [1.165, 1.54) is 11.3 Å². The number of anilines is 1. The van der Waals surface area contributed by atoms with Crippen molar-refractivity contribution in [2.75, 3.05) is 5.32 Å². The van der Waals surface area contributed by atoms with Crippen LogP contribution in [0, 0.1) is 20.8 Å². The average Bonchev–Trinajstić information content (AvgIpc) is 2.89. The van der Waals surface area contributed by atoms with Crippen LogP contribution in [0.4, 0.5) is 5.00 Å². The van der Waals surface area contributed by atoms with Crippen LogP contribution in [-0.4, -0.2) is 11.7 Å². The molecule has 1 amide bonds. The van der Waals surface area contributed by atoms with Crippen molar-refractivity contribution in [2.24, 2.45) is 0 Å². The zero-order valence-corrected chi connectivity index (χ0v) is 16.3. The van der Waals surface area contributed by atoms with Gasteiger partial charge in [0, 0.05) is 21.0 Å². The topological polar surface area (TPSA) is 46.2 Å². The van der Waals surface area contributed by atoms with Crippen LogP contribution in [-0.2, 0) is 0 Å². The van der Waals surface area contributed by atoms with Crippen LogP contribution in [0.2, 0.25) is 5.02 Å². The number of hydrogen-bond acceptors (Lipinski definition) is 3. The van der Waals surface area contributed by atoms with Crippen LogP contribution in [0.5, 0.6) is 0 Å². The Bertz CT molecular complexity index is 972. The fraction of sp³-hybridized carbons (Fsp3) is 0.143. The first-order chi connectivity index (χ1) is 12.4. The normalized spacial score (nSPS) is 10.6. The number of benzene rings is 2. The van der Waals surface area contributed by atoms with E-state index in [0.717, 1.165) is 16.0 Å². The first-order valence-electron chi connectivity index (χ1n) is 8.15. The summed E-state index contributed by atoms with van der Waals surface area (Å²) in [7, 11) is 0. The first kappa shape index (κ1) is 18.4. The second kappa shape index (κ2) is 7.44. The Morgan fingerprint density at radius 3 is 2.08 bits per heavy atom. The van der Waals surface area contributed by atoms with Crippen molar-refractivity contribution in [3.8, 4) is 0 Å². The number of carbonyl (C=O) groups excluding carboxylic acids is 2. The predicted molar refractivity (Wildman–Crippen MR) is 108 cm³/mol. The van der Waals surface area contributed by atoms with Crippen molar-refractivity contribution in [2.45, 2.75) is 20.8 Å². The average molecular weight is 384 g/mol. The molecule has 0 spiro atoms. The van der Waals surface area contributed by atoms with Gasteiger partial charge in [0.15, 0.2) is 5.78 Å². The third kappa shape index (κ3) is 3.71. The Morgan fingerprint density at radius 1 is 0.885 bits per heavy atom. The van der Waals surface area contributed by atoms with Crippen LogP contribution < -0.4 is 5.32 Å². The van der Waals surface area contributed by atoms with Gasteiger partial charge in [-0.25, -0.2) is 0 Å². The smallest absolute Gasteiger partial charge is 0.256 e. The molecule has 0 saturated carbocycles. The van der Waals surface area contributed by atoms with E-state index in [-0.39, 0.29) is 11.7 Å². The highest BCUT2D eigenvalue weighted by molar-refractivity contribution is 7.17. The summed E-state index contributed by atoms with van der Waals surface area (Å²) < 4.78 is 0. The summed E-state index contributed by atoms with van der Waals surface area (Å²) in [6.07, 6.45) is 0. The van der Waals surface area contributed by atoms with Gasteiger partial charge in [-0.2, -0.15) is 0 Å². The summed E-state index contributed by atoms with van der Waals surface area (Å²) in [6.45, 7) is 5.83. The van der Waals surface area contributed by atoms with Gasteiger partial charge in [-0.1, -0.05) is 41.4 Å². The molecule has 1 N–H and O–H groups in total. The largest absolute Gasteiger partial charge is 0.313 e. The number of halogens is 1. The first-order valence-corrected chi connectivity index (χ1v) is 9.34. The molecule has 0 bridgehead atoms. The highest BCUT2D eigenvalue weighted by Gasteiger charge is 2.22. The summed E-state index contributed by atoms with van der Waals surface area (Å²) in [5.41, 5.74) is 3.65. The SMILES string of the molecule is Cc1ccc(C(=O)c2c(NC(=O)c3ccc(Cl)cc3)sc(C)c2C)cc1. The molecular weight excluding hydrogens is 366 g/mol. The van der Waals surface area contributed by atoms with Gasteiger partial charge in [0.25, 0.3) is 5.91 Å². The van der Waals surface area contributed by atoms with Gasteiger partial charge >= 0.3 is 0 Å². The minimum atomic E-state index is -0.263. The van der Waals surface area contributed by atoms with Crippen LogP contribution in [0.3, 0.4) is 0 Å². The van der Waals surface area contributed by atoms with Crippen molar-refractivity contribution in [3.05, 3.63) is 86.2 Å². The number of nitrogens with one attached hydrogen (secondary N) is 1. The van der Waals surface area contributed by atoms with Crippen LogP contribution in [0.15, 0.2) is 48.5 Å². The second-order valence-corrected chi connectivity index (χ2v) is 7.80. The Hall–Kier alpha value is -2.43. The van der Waals surface area contributed by atoms with Crippen molar-refractivity contribution in [3.63, 3.8) is 0 Å². The molecule has 0 fully saturated rings. The van der Waals surface area contributed by atoms with E-state index < -0.39 is 0 Å². The highest BCUT2D eigenvalue weighted by Crippen LogP contribution is 2.34. The minimum Gasteiger partial charge on any atom is -0.313 e. The molecule has 0 aliphatic carbocycles. The molecule has 3 aromatic rings. The lowest BCUT2D eigenvalue weighted by Crippen LogP contribution is -2.14.